The molecule has 4 heteroatoms. The SMILES string of the molecule is NC(N)=NC[C@H]1CCCN(Cc2ccccc2)C1. The lowest BCUT2D eigenvalue weighted by molar-refractivity contribution is 0.171. The first-order chi connectivity index (χ1) is 8.74. The first-order valence-electron chi connectivity index (χ1n) is 6.55. The van der Waals surface area contributed by atoms with Gasteiger partial charge in [-0.2, -0.15) is 0 Å². The average molecular weight is 246 g/mol. The maximum atomic E-state index is 5.38. The highest BCUT2D eigenvalue weighted by atomic mass is 15.1. The Balaban J connectivity index is 1.85. The van der Waals surface area contributed by atoms with Crippen molar-refractivity contribution in [2.45, 2.75) is 19.4 Å². The van der Waals surface area contributed by atoms with Crippen LogP contribution in [0.1, 0.15) is 18.4 Å². The summed E-state index contributed by atoms with van der Waals surface area (Å²) in [5, 5.41) is 0. The summed E-state index contributed by atoms with van der Waals surface area (Å²) in [7, 11) is 0. The van der Waals surface area contributed by atoms with E-state index >= 15 is 0 Å². The Kier molecular flexibility index (Phi) is 4.59. The van der Waals surface area contributed by atoms with Crippen LogP contribution in [0.4, 0.5) is 0 Å². The van der Waals surface area contributed by atoms with E-state index in [1.54, 1.807) is 0 Å². The third-order valence-electron chi connectivity index (χ3n) is 3.38. The fourth-order valence-corrected chi connectivity index (χ4v) is 2.52. The minimum Gasteiger partial charge on any atom is -0.370 e. The minimum atomic E-state index is 0.204. The van der Waals surface area contributed by atoms with Gasteiger partial charge in [0.05, 0.1) is 0 Å². The maximum Gasteiger partial charge on any atom is 0.185 e. The molecule has 0 aromatic heterocycles. The summed E-state index contributed by atoms with van der Waals surface area (Å²) >= 11 is 0. The van der Waals surface area contributed by atoms with Gasteiger partial charge in [-0.05, 0) is 30.9 Å². The molecule has 1 aliphatic rings. The van der Waals surface area contributed by atoms with Crippen molar-refractivity contribution in [2.24, 2.45) is 22.4 Å². The molecule has 4 nitrogen and oxygen atoms in total. The van der Waals surface area contributed by atoms with E-state index in [-0.39, 0.29) is 5.96 Å². The number of nitrogens with zero attached hydrogens (tertiary/aromatic N) is 2. The molecule has 1 heterocycles. The van der Waals surface area contributed by atoms with Gasteiger partial charge in [-0.3, -0.25) is 9.89 Å². The quantitative estimate of drug-likeness (QED) is 0.619. The molecule has 0 radical (unpaired) electrons. The lowest BCUT2D eigenvalue weighted by Crippen LogP contribution is -2.36. The fourth-order valence-electron chi connectivity index (χ4n) is 2.52. The number of piperidine rings is 1. The van der Waals surface area contributed by atoms with E-state index in [0.29, 0.717) is 5.92 Å². The van der Waals surface area contributed by atoms with E-state index in [0.717, 1.165) is 19.6 Å². The highest BCUT2D eigenvalue weighted by Gasteiger charge is 2.19. The van der Waals surface area contributed by atoms with Crippen LogP contribution in [0.15, 0.2) is 35.3 Å². The zero-order chi connectivity index (χ0) is 12.8. The number of rotatable bonds is 4. The van der Waals surface area contributed by atoms with Crippen molar-refractivity contribution in [3.8, 4) is 0 Å². The molecule has 1 aromatic rings. The van der Waals surface area contributed by atoms with Crippen LogP contribution in [0.5, 0.6) is 0 Å². The number of hydrogen-bond donors (Lipinski definition) is 2. The maximum absolute atomic E-state index is 5.38. The van der Waals surface area contributed by atoms with E-state index in [9.17, 15) is 0 Å². The van der Waals surface area contributed by atoms with E-state index in [4.69, 9.17) is 11.5 Å². The lowest BCUT2D eigenvalue weighted by atomic mass is 9.98. The van der Waals surface area contributed by atoms with Crippen LogP contribution in [-0.4, -0.2) is 30.5 Å². The normalized spacial score (nSPS) is 20.6. The van der Waals surface area contributed by atoms with Crippen LogP contribution < -0.4 is 11.5 Å². The molecule has 1 fully saturated rings. The molecular formula is C14H22N4. The fraction of sp³-hybridized carbons (Fsp3) is 0.500. The second kappa shape index (κ2) is 6.40. The summed E-state index contributed by atoms with van der Waals surface area (Å²) < 4.78 is 0. The highest BCUT2D eigenvalue weighted by Crippen LogP contribution is 2.18. The first kappa shape index (κ1) is 12.9. The molecule has 1 saturated heterocycles. The monoisotopic (exact) mass is 246 g/mol. The van der Waals surface area contributed by atoms with Crippen molar-refractivity contribution >= 4 is 5.96 Å². The molecule has 98 valence electrons. The number of hydrogen-bond acceptors (Lipinski definition) is 2. The second-order valence-corrected chi connectivity index (χ2v) is 4.99. The van der Waals surface area contributed by atoms with Gasteiger partial charge in [0.1, 0.15) is 0 Å². The molecule has 0 unspecified atom stereocenters. The van der Waals surface area contributed by atoms with Crippen molar-refractivity contribution in [1.82, 2.24) is 4.90 Å². The zero-order valence-corrected chi connectivity index (χ0v) is 10.8. The molecule has 1 atom stereocenters. The Labute approximate surface area is 109 Å². The van der Waals surface area contributed by atoms with Gasteiger partial charge < -0.3 is 11.5 Å². The first-order valence-corrected chi connectivity index (χ1v) is 6.55. The molecule has 4 N–H and O–H groups in total. The van der Waals surface area contributed by atoms with Crippen molar-refractivity contribution in [3.05, 3.63) is 35.9 Å². The summed E-state index contributed by atoms with van der Waals surface area (Å²) in [6.45, 7) is 4.05. The molecule has 0 saturated carbocycles. The Bertz CT molecular complexity index is 384. The average Bonchev–Trinajstić information content (AvgIpc) is 2.38. The minimum absolute atomic E-state index is 0.204. The third kappa shape index (κ3) is 4.04. The van der Waals surface area contributed by atoms with Gasteiger partial charge in [0.25, 0.3) is 0 Å². The molecule has 18 heavy (non-hydrogen) atoms. The molecule has 1 aromatic carbocycles. The van der Waals surface area contributed by atoms with Crippen LogP contribution in [0, 0.1) is 5.92 Å². The molecule has 0 bridgehead atoms. The Morgan fingerprint density at radius 1 is 1.28 bits per heavy atom. The summed E-state index contributed by atoms with van der Waals surface area (Å²) in [5.41, 5.74) is 12.1. The van der Waals surface area contributed by atoms with Gasteiger partial charge in [-0.25, -0.2) is 0 Å². The van der Waals surface area contributed by atoms with E-state index in [2.05, 4.69) is 40.2 Å². The number of guanidine groups is 1. The van der Waals surface area contributed by atoms with Crippen molar-refractivity contribution in [1.29, 1.82) is 0 Å². The van der Waals surface area contributed by atoms with Crippen LogP contribution in [0.2, 0.25) is 0 Å². The molecule has 1 aliphatic heterocycles. The third-order valence-corrected chi connectivity index (χ3v) is 3.38. The smallest absolute Gasteiger partial charge is 0.185 e. The number of aliphatic imine (C=N–C) groups is 1. The van der Waals surface area contributed by atoms with E-state index in [1.807, 2.05) is 0 Å². The predicted octanol–water partition coefficient (Wildman–Crippen LogP) is 1.17. The van der Waals surface area contributed by atoms with E-state index in [1.165, 1.54) is 24.9 Å². The highest BCUT2D eigenvalue weighted by molar-refractivity contribution is 5.75. The molecule has 0 amide bonds. The van der Waals surface area contributed by atoms with Gasteiger partial charge in [0.2, 0.25) is 0 Å². The Morgan fingerprint density at radius 2 is 2.06 bits per heavy atom. The van der Waals surface area contributed by atoms with Crippen molar-refractivity contribution in [2.75, 3.05) is 19.6 Å². The van der Waals surface area contributed by atoms with Crippen LogP contribution >= 0.6 is 0 Å². The van der Waals surface area contributed by atoms with Crippen LogP contribution in [0.25, 0.3) is 0 Å². The van der Waals surface area contributed by atoms with Crippen molar-refractivity contribution in [3.63, 3.8) is 0 Å². The predicted molar refractivity (Wildman–Crippen MR) is 75.1 cm³/mol. The lowest BCUT2D eigenvalue weighted by Gasteiger charge is -2.32. The zero-order valence-electron chi connectivity index (χ0n) is 10.8. The summed E-state index contributed by atoms with van der Waals surface area (Å²) in [6, 6.07) is 10.6. The molecule has 0 aliphatic carbocycles. The summed E-state index contributed by atoms with van der Waals surface area (Å²) in [5.74, 6) is 0.791. The van der Waals surface area contributed by atoms with Crippen LogP contribution in [-0.2, 0) is 6.54 Å². The van der Waals surface area contributed by atoms with E-state index < -0.39 is 0 Å². The van der Waals surface area contributed by atoms with Gasteiger partial charge in [0.15, 0.2) is 5.96 Å². The Hall–Kier alpha value is -1.55. The van der Waals surface area contributed by atoms with Gasteiger partial charge in [-0.1, -0.05) is 30.3 Å². The largest absolute Gasteiger partial charge is 0.370 e. The topological polar surface area (TPSA) is 67.6 Å². The number of likely N-dealkylation sites (tertiary alicyclic amines) is 1. The molecule has 2 rings (SSSR count). The standard InChI is InChI=1S/C14H22N4/c15-14(16)17-9-13-7-4-8-18(11-13)10-12-5-2-1-3-6-12/h1-3,5-6,13H,4,7-11H2,(H4,15,16,17)/t13-/m1/s1. The van der Waals surface area contributed by atoms with Crippen LogP contribution in [0.3, 0.4) is 0 Å². The van der Waals surface area contributed by atoms with Gasteiger partial charge in [0, 0.05) is 19.6 Å². The number of benzene rings is 1. The second-order valence-electron chi connectivity index (χ2n) is 4.99. The molecule has 0 spiro atoms. The Morgan fingerprint density at radius 3 is 2.78 bits per heavy atom. The van der Waals surface area contributed by atoms with Gasteiger partial charge in [-0.15, -0.1) is 0 Å². The molecular weight excluding hydrogens is 224 g/mol. The summed E-state index contributed by atoms with van der Waals surface area (Å²) in [4.78, 5) is 6.63. The summed E-state index contributed by atoms with van der Waals surface area (Å²) in [6.07, 6.45) is 2.46. The number of nitrogens with two attached hydrogens (primary N) is 2. The van der Waals surface area contributed by atoms with Gasteiger partial charge >= 0.3 is 0 Å². The van der Waals surface area contributed by atoms with Crippen molar-refractivity contribution < 1.29 is 0 Å².